The molecule has 0 unspecified atom stereocenters. The molecule has 0 atom stereocenters. The zero-order valence-electron chi connectivity index (χ0n) is 14.2. The first-order chi connectivity index (χ1) is 11.7. The highest BCUT2D eigenvalue weighted by molar-refractivity contribution is 5.67. The number of nitrogens with zero attached hydrogens (tertiary/aromatic N) is 3. The molecule has 1 aliphatic heterocycles. The second-order valence-electron chi connectivity index (χ2n) is 6.92. The number of piperidine rings is 1. The molecule has 0 saturated carbocycles. The van der Waals surface area contributed by atoms with Gasteiger partial charge in [0.05, 0.1) is 11.4 Å². The van der Waals surface area contributed by atoms with Gasteiger partial charge in [0.2, 0.25) is 0 Å². The summed E-state index contributed by atoms with van der Waals surface area (Å²) in [5.41, 5.74) is 11.2. The van der Waals surface area contributed by atoms with Crippen LogP contribution in [-0.2, 0) is 6.54 Å². The third-order valence-electron chi connectivity index (χ3n) is 5.04. The molecule has 1 fully saturated rings. The number of hydrogen-bond donors (Lipinski definition) is 1. The lowest BCUT2D eigenvalue weighted by atomic mass is 9.99. The number of pyridine rings is 1. The van der Waals surface area contributed by atoms with Crippen LogP contribution in [0.2, 0.25) is 0 Å². The largest absolute Gasteiger partial charge is 0.398 e. The van der Waals surface area contributed by atoms with Crippen LogP contribution in [0.5, 0.6) is 0 Å². The molecule has 4 rings (SSSR count). The molecule has 2 aromatic heterocycles. The van der Waals surface area contributed by atoms with Crippen LogP contribution in [-0.4, -0.2) is 27.4 Å². The van der Waals surface area contributed by atoms with Crippen LogP contribution >= 0.6 is 0 Å². The lowest BCUT2D eigenvalue weighted by Gasteiger charge is -2.30. The third-order valence-corrected chi connectivity index (χ3v) is 5.04. The van der Waals surface area contributed by atoms with Gasteiger partial charge in [-0.05, 0) is 44.0 Å². The fourth-order valence-electron chi connectivity index (χ4n) is 3.52. The second kappa shape index (κ2) is 6.29. The average molecular weight is 320 g/mol. The minimum absolute atomic E-state index is 0.771. The lowest BCUT2D eigenvalue weighted by molar-refractivity contribution is 0.183. The Bertz CT molecular complexity index is 829. The molecule has 0 amide bonds. The van der Waals surface area contributed by atoms with Gasteiger partial charge in [-0.3, -0.25) is 4.90 Å². The van der Waals surface area contributed by atoms with E-state index >= 15 is 0 Å². The number of benzene rings is 1. The minimum Gasteiger partial charge on any atom is -0.398 e. The summed E-state index contributed by atoms with van der Waals surface area (Å²) in [7, 11) is 0. The summed E-state index contributed by atoms with van der Waals surface area (Å²) in [4.78, 5) is 7.43. The highest BCUT2D eigenvalue weighted by atomic mass is 15.2. The van der Waals surface area contributed by atoms with Crippen LogP contribution < -0.4 is 5.73 Å². The predicted molar refractivity (Wildman–Crippen MR) is 98.7 cm³/mol. The van der Waals surface area contributed by atoms with Crippen molar-refractivity contribution in [1.82, 2.24) is 14.3 Å². The smallest absolute Gasteiger partial charge is 0.137 e. The van der Waals surface area contributed by atoms with Gasteiger partial charge in [-0.15, -0.1) is 0 Å². The van der Waals surface area contributed by atoms with E-state index in [4.69, 9.17) is 10.7 Å². The molecule has 124 valence electrons. The number of hydrogen-bond acceptors (Lipinski definition) is 3. The molecule has 4 heteroatoms. The number of aromatic nitrogens is 2. The van der Waals surface area contributed by atoms with Gasteiger partial charge in [0, 0.05) is 24.0 Å². The van der Waals surface area contributed by atoms with E-state index in [2.05, 4.69) is 40.5 Å². The second-order valence-corrected chi connectivity index (χ2v) is 6.92. The number of nitrogens with two attached hydrogens (primary N) is 1. The predicted octanol–water partition coefficient (Wildman–Crippen LogP) is 3.82. The Morgan fingerprint density at radius 2 is 1.83 bits per heavy atom. The van der Waals surface area contributed by atoms with Crippen molar-refractivity contribution in [2.45, 2.75) is 26.3 Å². The Labute approximate surface area is 142 Å². The highest BCUT2D eigenvalue weighted by Gasteiger charge is 2.20. The Hall–Kier alpha value is -2.33. The van der Waals surface area contributed by atoms with E-state index in [0.29, 0.717) is 0 Å². The van der Waals surface area contributed by atoms with E-state index in [1.54, 1.807) is 0 Å². The van der Waals surface area contributed by atoms with E-state index < -0.39 is 0 Å². The summed E-state index contributed by atoms with van der Waals surface area (Å²) < 4.78 is 2.16. The topological polar surface area (TPSA) is 46.6 Å². The first-order valence-electron chi connectivity index (χ1n) is 8.75. The zero-order valence-corrected chi connectivity index (χ0v) is 14.2. The molecule has 3 heterocycles. The molecule has 1 aromatic carbocycles. The van der Waals surface area contributed by atoms with Crippen LogP contribution in [0, 0.1) is 5.92 Å². The van der Waals surface area contributed by atoms with Crippen LogP contribution in [0.1, 0.15) is 25.5 Å². The monoisotopic (exact) mass is 320 g/mol. The van der Waals surface area contributed by atoms with Gasteiger partial charge in [-0.2, -0.15) is 0 Å². The van der Waals surface area contributed by atoms with Crippen LogP contribution in [0.15, 0.2) is 48.7 Å². The number of likely N-dealkylation sites (tertiary alicyclic amines) is 1. The molecule has 1 aliphatic rings. The number of nitrogen functional groups attached to an aromatic ring is 1. The van der Waals surface area contributed by atoms with Crippen LogP contribution in [0.4, 0.5) is 5.69 Å². The molecule has 0 spiro atoms. The van der Waals surface area contributed by atoms with Crippen molar-refractivity contribution in [3.63, 3.8) is 0 Å². The highest BCUT2D eigenvalue weighted by Crippen LogP contribution is 2.27. The molecule has 0 radical (unpaired) electrons. The maximum absolute atomic E-state index is 6.03. The van der Waals surface area contributed by atoms with Gasteiger partial charge in [0.25, 0.3) is 0 Å². The molecular formula is C20H24N4. The minimum atomic E-state index is 0.771. The van der Waals surface area contributed by atoms with Crippen molar-refractivity contribution < 1.29 is 0 Å². The number of imidazole rings is 1. The quantitative estimate of drug-likeness (QED) is 0.798. The van der Waals surface area contributed by atoms with Gasteiger partial charge in [-0.1, -0.05) is 37.3 Å². The molecule has 1 saturated heterocycles. The normalized spacial score (nSPS) is 16.7. The van der Waals surface area contributed by atoms with Gasteiger partial charge in [-0.25, -0.2) is 4.98 Å². The number of anilines is 1. The van der Waals surface area contributed by atoms with Gasteiger partial charge < -0.3 is 10.1 Å². The Kier molecular flexibility index (Phi) is 3.98. The molecular weight excluding hydrogens is 296 g/mol. The van der Waals surface area contributed by atoms with E-state index in [1.807, 2.05) is 24.4 Å². The maximum Gasteiger partial charge on any atom is 0.137 e. The van der Waals surface area contributed by atoms with Gasteiger partial charge in [0.1, 0.15) is 5.65 Å². The summed E-state index contributed by atoms with van der Waals surface area (Å²) in [6, 6.07) is 14.4. The zero-order chi connectivity index (χ0) is 16.5. The van der Waals surface area contributed by atoms with Crippen molar-refractivity contribution in [2.75, 3.05) is 18.8 Å². The van der Waals surface area contributed by atoms with Crippen molar-refractivity contribution in [3.05, 3.63) is 54.4 Å². The Morgan fingerprint density at radius 1 is 1.08 bits per heavy atom. The van der Waals surface area contributed by atoms with Gasteiger partial charge in [0.15, 0.2) is 0 Å². The van der Waals surface area contributed by atoms with E-state index in [1.165, 1.54) is 24.1 Å². The van der Waals surface area contributed by atoms with E-state index in [0.717, 1.165) is 42.6 Å². The fourth-order valence-corrected chi connectivity index (χ4v) is 3.52. The fraction of sp³-hybridized carbons (Fsp3) is 0.350. The summed E-state index contributed by atoms with van der Waals surface area (Å²) in [5.74, 6) is 0.840. The summed E-state index contributed by atoms with van der Waals surface area (Å²) in [6.07, 6.45) is 4.55. The van der Waals surface area contributed by atoms with Crippen molar-refractivity contribution in [3.8, 4) is 11.3 Å². The van der Waals surface area contributed by atoms with Crippen LogP contribution in [0.25, 0.3) is 16.9 Å². The molecule has 2 N–H and O–H groups in total. The van der Waals surface area contributed by atoms with Crippen molar-refractivity contribution >= 4 is 11.3 Å². The maximum atomic E-state index is 6.03. The van der Waals surface area contributed by atoms with Crippen molar-refractivity contribution in [2.24, 2.45) is 5.92 Å². The molecule has 24 heavy (non-hydrogen) atoms. The van der Waals surface area contributed by atoms with E-state index in [9.17, 15) is 0 Å². The molecule has 0 bridgehead atoms. The Morgan fingerprint density at radius 3 is 2.58 bits per heavy atom. The summed E-state index contributed by atoms with van der Waals surface area (Å²) in [5, 5.41) is 0. The molecule has 0 aliphatic carbocycles. The van der Waals surface area contributed by atoms with E-state index in [-0.39, 0.29) is 0 Å². The number of fused-ring (bicyclic) bond motifs is 1. The SMILES string of the molecule is CC1CCN(Cc2c(-c3ccccc3)nc3ccc(N)cn23)CC1. The molecule has 4 nitrogen and oxygen atoms in total. The first kappa shape index (κ1) is 15.2. The average Bonchev–Trinajstić information content (AvgIpc) is 2.95. The first-order valence-corrected chi connectivity index (χ1v) is 8.75. The summed E-state index contributed by atoms with van der Waals surface area (Å²) >= 11 is 0. The summed E-state index contributed by atoms with van der Waals surface area (Å²) in [6.45, 7) is 5.58. The van der Waals surface area contributed by atoms with Gasteiger partial charge >= 0.3 is 0 Å². The third kappa shape index (κ3) is 2.89. The standard InChI is InChI=1S/C20H24N4/c1-15-9-11-23(12-10-15)14-18-20(16-5-3-2-4-6-16)22-19-8-7-17(21)13-24(18)19/h2-8,13,15H,9-12,14,21H2,1H3. The Balaban J connectivity index is 1.77. The van der Waals surface area contributed by atoms with Crippen molar-refractivity contribution in [1.29, 1.82) is 0 Å². The van der Waals surface area contributed by atoms with Crippen LogP contribution in [0.3, 0.4) is 0 Å². The lowest BCUT2D eigenvalue weighted by Crippen LogP contribution is -2.32. The number of rotatable bonds is 3. The molecule has 3 aromatic rings.